The lowest BCUT2D eigenvalue weighted by Gasteiger charge is -2.12. The van der Waals surface area contributed by atoms with Gasteiger partial charge in [-0.05, 0) is 56.2 Å². The predicted molar refractivity (Wildman–Crippen MR) is 104 cm³/mol. The quantitative estimate of drug-likeness (QED) is 0.823. The molecule has 0 aromatic heterocycles. The van der Waals surface area contributed by atoms with Crippen LogP contribution in [0.3, 0.4) is 0 Å². The molecule has 0 spiro atoms. The number of hydrogen-bond donors (Lipinski definition) is 1. The van der Waals surface area contributed by atoms with Gasteiger partial charge in [-0.25, -0.2) is 0 Å². The van der Waals surface area contributed by atoms with Gasteiger partial charge in [-0.15, -0.1) is 11.8 Å². The van der Waals surface area contributed by atoms with Crippen molar-refractivity contribution in [2.24, 2.45) is 0 Å². The highest BCUT2D eigenvalue weighted by atomic mass is 32.2. The van der Waals surface area contributed by atoms with Crippen molar-refractivity contribution in [3.05, 3.63) is 58.7 Å². The monoisotopic (exact) mass is 356 g/mol. The first kappa shape index (κ1) is 19.1. The van der Waals surface area contributed by atoms with E-state index in [-0.39, 0.29) is 11.8 Å². The zero-order valence-corrected chi connectivity index (χ0v) is 16.2. The van der Waals surface area contributed by atoms with Crippen molar-refractivity contribution in [2.75, 3.05) is 25.2 Å². The lowest BCUT2D eigenvalue weighted by atomic mass is 10.1. The Morgan fingerprint density at radius 2 is 1.56 bits per heavy atom. The summed E-state index contributed by atoms with van der Waals surface area (Å²) in [5.74, 6) is 0.234. The van der Waals surface area contributed by atoms with E-state index < -0.39 is 0 Å². The van der Waals surface area contributed by atoms with E-state index in [1.807, 2.05) is 0 Å². The molecule has 0 heterocycles. The summed E-state index contributed by atoms with van der Waals surface area (Å²) >= 11 is 1.55. The Morgan fingerprint density at radius 3 is 2.08 bits per heavy atom. The molecular formula is C20H24N2O2S. The largest absolute Gasteiger partial charge is 0.345 e. The van der Waals surface area contributed by atoms with E-state index in [1.165, 1.54) is 21.6 Å². The SMILES string of the molecule is Cc1cc(C)c(SCC(=O)Nc2ccc(C(=O)N(C)C)cc2)c(C)c1. The zero-order chi connectivity index (χ0) is 18.6. The lowest BCUT2D eigenvalue weighted by molar-refractivity contribution is -0.113. The van der Waals surface area contributed by atoms with Crippen molar-refractivity contribution < 1.29 is 9.59 Å². The van der Waals surface area contributed by atoms with Crippen LogP contribution in [-0.4, -0.2) is 36.6 Å². The Balaban J connectivity index is 1.96. The summed E-state index contributed by atoms with van der Waals surface area (Å²) in [5.41, 5.74) is 4.92. The summed E-state index contributed by atoms with van der Waals surface area (Å²) in [7, 11) is 3.43. The minimum atomic E-state index is -0.0592. The molecule has 132 valence electrons. The van der Waals surface area contributed by atoms with Crippen LogP contribution in [0.4, 0.5) is 5.69 Å². The van der Waals surface area contributed by atoms with Crippen LogP contribution in [0.25, 0.3) is 0 Å². The Morgan fingerprint density at radius 1 is 1.00 bits per heavy atom. The van der Waals surface area contributed by atoms with Gasteiger partial charge in [-0.2, -0.15) is 0 Å². The molecule has 2 amide bonds. The summed E-state index contributed by atoms with van der Waals surface area (Å²) in [6, 6.07) is 11.2. The van der Waals surface area contributed by atoms with Crippen molar-refractivity contribution in [3.63, 3.8) is 0 Å². The van der Waals surface area contributed by atoms with Crippen LogP contribution in [0.2, 0.25) is 0 Å². The van der Waals surface area contributed by atoms with E-state index in [2.05, 4.69) is 38.2 Å². The van der Waals surface area contributed by atoms with Gasteiger partial charge in [0, 0.05) is 30.2 Å². The molecule has 0 aliphatic heterocycles. The average molecular weight is 356 g/mol. The van der Waals surface area contributed by atoms with Crippen molar-refractivity contribution in [1.82, 2.24) is 4.90 Å². The number of aryl methyl sites for hydroxylation is 3. The van der Waals surface area contributed by atoms with Gasteiger partial charge in [0.05, 0.1) is 5.75 Å². The summed E-state index contributed by atoms with van der Waals surface area (Å²) in [5, 5.41) is 2.87. The lowest BCUT2D eigenvalue weighted by Crippen LogP contribution is -2.21. The highest BCUT2D eigenvalue weighted by Crippen LogP contribution is 2.27. The van der Waals surface area contributed by atoms with Crippen LogP contribution in [0.5, 0.6) is 0 Å². The number of carbonyl (C=O) groups is 2. The maximum Gasteiger partial charge on any atom is 0.253 e. The molecule has 0 saturated heterocycles. The first-order chi connectivity index (χ1) is 11.8. The molecule has 0 fully saturated rings. The van der Waals surface area contributed by atoms with Gasteiger partial charge >= 0.3 is 0 Å². The van der Waals surface area contributed by atoms with E-state index in [1.54, 1.807) is 50.1 Å². The standard InChI is InChI=1S/C20H24N2O2S/c1-13-10-14(2)19(15(3)11-13)25-12-18(23)21-17-8-6-16(7-9-17)20(24)22(4)5/h6-11H,12H2,1-5H3,(H,21,23). The van der Waals surface area contributed by atoms with Gasteiger partial charge in [0.25, 0.3) is 5.91 Å². The molecule has 2 aromatic carbocycles. The molecule has 0 saturated carbocycles. The average Bonchev–Trinajstić information content (AvgIpc) is 2.53. The first-order valence-corrected chi connectivity index (χ1v) is 9.08. The summed E-state index contributed by atoms with van der Waals surface area (Å²) in [6.07, 6.45) is 0. The Labute approximate surface area is 153 Å². The van der Waals surface area contributed by atoms with Crippen molar-refractivity contribution in [2.45, 2.75) is 25.7 Å². The minimum absolute atomic E-state index is 0.0567. The van der Waals surface area contributed by atoms with E-state index >= 15 is 0 Å². The number of amides is 2. The van der Waals surface area contributed by atoms with Crippen LogP contribution in [0.1, 0.15) is 27.0 Å². The summed E-state index contributed by atoms with van der Waals surface area (Å²) in [6.45, 7) is 6.22. The maximum atomic E-state index is 12.2. The van der Waals surface area contributed by atoms with E-state index in [0.29, 0.717) is 17.0 Å². The third kappa shape index (κ3) is 5.10. The van der Waals surface area contributed by atoms with Crippen molar-refractivity contribution in [1.29, 1.82) is 0 Å². The first-order valence-electron chi connectivity index (χ1n) is 8.10. The van der Waals surface area contributed by atoms with Gasteiger partial charge in [0.2, 0.25) is 5.91 Å². The highest BCUT2D eigenvalue weighted by molar-refractivity contribution is 8.00. The third-order valence-electron chi connectivity index (χ3n) is 3.77. The maximum absolute atomic E-state index is 12.2. The molecule has 0 aliphatic rings. The van der Waals surface area contributed by atoms with Crippen molar-refractivity contribution in [3.8, 4) is 0 Å². The van der Waals surface area contributed by atoms with Gasteiger partial charge in [0.15, 0.2) is 0 Å². The molecule has 4 nitrogen and oxygen atoms in total. The fourth-order valence-electron chi connectivity index (χ4n) is 2.68. The number of rotatable bonds is 5. The number of anilines is 1. The molecular weight excluding hydrogens is 332 g/mol. The number of thioether (sulfide) groups is 1. The molecule has 0 aliphatic carbocycles. The van der Waals surface area contributed by atoms with E-state index in [9.17, 15) is 9.59 Å². The van der Waals surface area contributed by atoms with Gasteiger partial charge in [0.1, 0.15) is 0 Å². The topological polar surface area (TPSA) is 49.4 Å². The molecule has 0 atom stereocenters. The number of benzene rings is 2. The zero-order valence-electron chi connectivity index (χ0n) is 15.3. The van der Waals surface area contributed by atoms with Crippen LogP contribution < -0.4 is 5.32 Å². The van der Waals surface area contributed by atoms with Gasteiger partial charge < -0.3 is 10.2 Å². The van der Waals surface area contributed by atoms with Gasteiger partial charge in [-0.3, -0.25) is 9.59 Å². The third-order valence-corrected chi connectivity index (χ3v) is 5.11. The Hall–Kier alpha value is -2.27. The second-order valence-corrected chi connectivity index (χ2v) is 7.33. The molecule has 25 heavy (non-hydrogen) atoms. The molecule has 5 heteroatoms. The minimum Gasteiger partial charge on any atom is -0.345 e. The second-order valence-electron chi connectivity index (χ2n) is 6.34. The van der Waals surface area contributed by atoms with E-state index in [0.717, 1.165) is 4.90 Å². The molecule has 1 N–H and O–H groups in total. The predicted octanol–water partition coefficient (Wildman–Crippen LogP) is 4.04. The Kier molecular flexibility index (Phi) is 6.26. The number of carbonyl (C=O) groups excluding carboxylic acids is 2. The molecule has 0 unspecified atom stereocenters. The van der Waals surface area contributed by atoms with Crippen LogP contribution in [0.15, 0.2) is 41.3 Å². The second kappa shape index (κ2) is 8.21. The highest BCUT2D eigenvalue weighted by Gasteiger charge is 2.10. The molecule has 0 radical (unpaired) electrons. The van der Waals surface area contributed by atoms with Crippen LogP contribution in [-0.2, 0) is 4.79 Å². The molecule has 0 bridgehead atoms. The Bertz CT molecular complexity index is 760. The van der Waals surface area contributed by atoms with Crippen molar-refractivity contribution >= 4 is 29.3 Å². The fourth-order valence-corrected chi connectivity index (χ4v) is 3.60. The summed E-state index contributed by atoms with van der Waals surface area (Å²) in [4.78, 5) is 26.7. The molecule has 2 aromatic rings. The normalized spacial score (nSPS) is 10.4. The van der Waals surface area contributed by atoms with Crippen LogP contribution in [0, 0.1) is 20.8 Å². The number of nitrogens with one attached hydrogen (secondary N) is 1. The van der Waals surface area contributed by atoms with E-state index in [4.69, 9.17) is 0 Å². The molecule has 2 rings (SSSR count). The summed E-state index contributed by atoms with van der Waals surface area (Å²) < 4.78 is 0. The fraction of sp³-hybridized carbons (Fsp3) is 0.300. The number of nitrogens with zero attached hydrogens (tertiary/aromatic N) is 1. The smallest absolute Gasteiger partial charge is 0.253 e. The van der Waals surface area contributed by atoms with Gasteiger partial charge in [-0.1, -0.05) is 17.7 Å². The number of hydrogen-bond acceptors (Lipinski definition) is 3. The van der Waals surface area contributed by atoms with Crippen LogP contribution >= 0.6 is 11.8 Å².